The molecule has 2 aliphatic rings. The number of hydrogen-bond acceptors (Lipinski definition) is 4. The lowest BCUT2D eigenvalue weighted by Gasteiger charge is -2.32. The highest BCUT2D eigenvalue weighted by molar-refractivity contribution is 6.31. The molecule has 1 fully saturated rings. The SMILES string of the molecule is CCCCC(CNC(=O)c1cc(Cl)ccc1NC1CCCC1)C1OCc2ccccc2O1. The van der Waals surface area contributed by atoms with Crippen molar-refractivity contribution in [1.82, 2.24) is 5.32 Å². The van der Waals surface area contributed by atoms with E-state index in [4.69, 9.17) is 21.1 Å². The zero-order valence-corrected chi connectivity index (χ0v) is 19.5. The van der Waals surface area contributed by atoms with Crippen molar-refractivity contribution in [3.05, 3.63) is 58.6 Å². The van der Waals surface area contributed by atoms with Crippen LogP contribution in [0.5, 0.6) is 5.75 Å². The summed E-state index contributed by atoms with van der Waals surface area (Å²) in [4.78, 5) is 13.2. The Kier molecular flexibility index (Phi) is 7.93. The Morgan fingerprint density at radius 2 is 2.00 bits per heavy atom. The fourth-order valence-electron chi connectivity index (χ4n) is 4.54. The molecule has 1 amide bonds. The zero-order chi connectivity index (χ0) is 22.3. The molecule has 2 N–H and O–H groups in total. The third kappa shape index (κ3) is 5.76. The van der Waals surface area contributed by atoms with E-state index in [9.17, 15) is 4.79 Å². The van der Waals surface area contributed by atoms with Crippen LogP contribution in [0.4, 0.5) is 5.69 Å². The molecule has 32 heavy (non-hydrogen) atoms. The molecule has 1 heterocycles. The second-order valence-electron chi connectivity index (χ2n) is 8.83. The highest BCUT2D eigenvalue weighted by Gasteiger charge is 2.29. The summed E-state index contributed by atoms with van der Waals surface area (Å²) >= 11 is 6.23. The number of benzene rings is 2. The molecule has 172 valence electrons. The minimum absolute atomic E-state index is 0.0673. The molecule has 0 radical (unpaired) electrons. The Morgan fingerprint density at radius 1 is 1.19 bits per heavy atom. The van der Waals surface area contributed by atoms with Crippen LogP contribution in [0.3, 0.4) is 0 Å². The van der Waals surface area contributed by atoms with Crippen LogP contribution < -0.4 is 15.4 Å². The predicted octanol–water partition coefficient (Wildman–Crippen LogP) is 6.17. The van der Waals surface area contributed by atoms with Gasteiger partial charge in [-0.05, 0) is 43.5 Å². The van der Waals surface area contributed by atoms with Crippen molar-refractivity contribution in [2.24, 2.45) is 5.92 Å². The van der Waals surface area contributed by atoms with Crippen LogP contribution in [0.2, 0.25) is 5.02 Å². The van der Waals surface area contributed by atoms with Gasteiger partial charge in [0, 0.05) is 34.8 Å². The molecule has 2 unspecified atom stereocenters. The van der Waals surface area contributed by atoms with Crippen LogP contribution in [0.1, 0.15) is 67.8 Å². The number of anilines is 1. The smallest absolute Gasteiger partial charge is 0.253 e. The first kappa shape index (κ1) is 22.9. The van der Waals surface area contributed by atoms with E-state index in [1.54, 1.807) is 6.07 Å². The van der Waals surface area contributed by atoms with Gasteiger partial charge in [0.2, 0.25) is 6.29 Å². The lowest BCUT2D eigenvalue weighted by molar-refractivity contribution is -0.140. The molecule has 6 heteroatoms. The lowest BCUT2D eigenvalue weighted by atomic mass is 10.00. The molecule has 0 bridgehead atoms. The maximum atomic E-state index is 13.2. The molecular formula is C26H33ClN2O3. The van der Waals surface area contributed by atoms with Crippen LogP contribution in [0.25, 0.3) is 0 Å². The highest BCUT2D eigenvalue weighted by Crippen LogP contribution is 2.30. The minimum Gasteiger partial charge on any atom is -0.464 e. The van der Waals surface area contributed by atoms with Crippen molar-refractivity contribution in [3.8, 4) is 5.75 Å². The molecule has 2 aromatic rings. The standard InChI is InChI=1S/C26H33ClN2O3/c1-2-3-8-18(26-31-17-19-9-4-7-12-24(19)32-26)16-28-25(30)22-15-20(27)13-14-23(22)29-21-10-5-6-11-21/h4,7,9,12-15,18,21,26,29H,2-3,5-6,8,10-11,16-17H2,1H3,(H,28,30). The van der Waals surface area contributed by atoms with Gasteiger partial charge in [-0.25, -0.2) is 0 Å². The topological polar surface area (TPSA) is 59.6 Å². The number of para-hydroxylation sites is 1. The van der Waals surface area contributed by atoms with Crippen LogP contribution in [-0.2, 0) is 11.3 Å². The van der Waals surface area contributed by atoms with Gasteiger partial charge < -0.3 is 20.1 Å². The second-order valence-corrected chi connectivity index (χ2v) is 9.27. The summed E-state index contributed by atoms with van der Waals surface area (Å²) in [5, 5.41) is 7.23. The Balaban J connectivity index is 1.43. The van der Waals surface area contributed by atoms with Crippen LogP contribution in [-0.4, -0.2) is 24.8 Å². The Hall–Kier alpha value is -2.24. The number of rotatable bonds is 9. The Bertz CT molecular complexity index is 914. The Morgan fingerprint density at radius 3 is 2.81 bits per heavy atom. The number of carbonyl (C=O) groups excluding carboxylic acids is 1. The van der Waals surface area contributed by atoms with Gasteiger partial charge in [0.15, 0.2) is 0 Å². The number of halogens is 1. The average molecular weight is 457 g/mol. The van der Waals surface area contributed by atoms with Crippen molar-refractivity contribution in [2.75, 3.05) is 11.9 Å². The van der Waals surface area contributed by atoms with E-state index in [2.05, 4.69) is 17.6 Å². The van der Waals surface area contributed by atoms with Crippen LogP contribution >= 0.6 is 11.6 Å². The van der Waals surface area contributed by atoms with Gasteiger partial charge in [0.25, 0.3) is 5.91 Å². The predicted molar refractivity (Wildman–Crippen MR) is 128 cm³/mol. The van der Waals surface area contributed by atoms with E-state index in [0.717, 1.165) is 49.1 Å². The molecule has 1 saturated carbocycles. The number of ether oxygens (including phenoxy) is 2. The fraction of sp³-hybridized carbons (Fsp3) is 0.500. The quantitative estimate of drug-likeness (QED) is 0.474. The van der Waals surface area contributed by atoms with E-state index in [0.29, 0.717) is 29.8 Å². The summed E-state index contributed by atoms with van der Waals surface area (Å²) in [5.74, 6) is 0.817. The van der Waals surface area contributed by atoms with Gasteiger partial charge in [-0.2, -0.15) is 0 Å². The average Bonchev–Trinajstić information content (AvgIpc) is 3.33. The van der Waals surface area contributed by atoms with E-state index >= 15 is 0 Å². The van der Waals surface area contributed by atoms with Gasteiger partial charge in [-0.3, -0.25) is 4.79 Å². The molecule has 5 nitrogen and oxygen atoms in total. The number of carbonyl (C=O) groups is 1. The summed E-state index contributed by atoms with van der Waals surface area (Å²) in [7, 11) is 0. The number of hydrogen-bond donors (Lipinski definition) is 2. The second kappa shape index (κ2) is 11.1. The largest absolute Gasteiger partial charge is 0.464 e. The van der Waals surface area contributed by atoms with Crippen LogP contribution in [0.15, 0.2) is 42.5 Å². The first-order chi connectivity index (χ1) is 15.6. The molecule has 4 rings (SSSR count). The monoisotopic (exact) mass is 456 g/mol. The van der Waals surface area contributed by atoms with Gasteiger partial charge >= 0.3 is 0 Å². The molecule has 0 saturated heterocycles. The maximum Gasteiger partial charge on any atom is 0.253 e. The van der Waals surface area contributed by atoms with Crippen molar-refractivity contribution in [2.45, 2.75) is 70.8 Å². The summed E-state index contributed by atoms with van der Waals surface area (Å²) in [6, 6.07) is 13.9. The van der Waals surface area contributed by atoms with E-state index in [-0.39, 0.29) is 18.1 Å². The highest BCUT2D eigenvalue weighted by atomic mass is 35.5. The molecule has 2 aromatic carbocycles. The van der Waals surface area contributed by atoms with Gasteiger partial charge in [-0.1, -0.05) is 62.4 Å². The van der Waals surface area contributed by atoms with Gasteiger partial charge in [0.05, 0.1) is 12.2 Å². The van der Waals surface area contributed by atoms with Crippen molar-refractivity contribution in [1.29, 1.82) is 0 Å². The Labute approximate surface area is 195 Å². The molecule has 2 atom stereocenters. The van der Waals surface area contributed by atoms with Gasteiger partial charge in [-0.15, -0.1) is 0 Å². The van der Waals surface area contributed by atoms with Crippen molar-refractivity contribution >= 4 is 23.2 Å². The molecule has 0 spiro atoms. The normalized spacial score (nSPS) is 19.1. The van der Waals surface area contributed by atoms with Gasteiger partial charge in [0.1, 0.15) is 5.75 Å². The van der Waals surface area contributed by atoms with E-state index in [1.165, 1.54) is 12.8 Å². The summed E-state index contributed by atoms with van der Waals surface area (Å²) in [6.45, 7) is 3.18. The number of fused-ring (bicyclic) bond motifs is 1. The molecular weight excluding hydrogens is 424 g/mol. The van der Waals surface area contributed by atoms with Crippen molar-refractivity contribution in [3.63, 3.8) is 0 Å². The molecule has 1 aliphatic carbocycles. The fourth-order valence-corrected chi connectivity index (χ4v) is 4.71. The lowest BCUT2D eigenvalue weighted by Crippen LogP contribution is -2.40. The summed E-state index contributed by atoms with van der Waals surface area (Å²) < 4.78 is 12.2. The van der Waals surface area contributed by atoms with Crippen molar-refractivity contribution < 1.29 is 14.3 Å². The van der Waals surface area contributed by atoms with E-state index < -0.39 is 0 Å². The maximum absolute atomic E-state index is 13.2. The number of nitrogens with one attached hydrogen (secondary N) is 2. The summed E-state index contributed by atoms with van der Waals surface area (Å²) in [6.07, 6.45) is 7.43. The summed E-state index contributed by atoms with van der Waals surface area (Å²) in [5.41, 5.74) is 2.50. The third-order valence-electron chi connectivity index (χ3n) is 6.40. The minimum atomic E-state index is -0.368. The van der Waals surface area contributed by atoms with Crippen LogP contribution in [0, 0.1) is 5.92 Å². The van der Waals surface area contributed by atoms with E-state index in [1.807, 2.05) is 36.4 Å². The zero-order valence-electron chi connectivity index (χ0n) is 18.7. The first-order valence-corrected chi connectivity index (χ1v) is 12.2. The third-order valence-corrected chi connectivity index (χ3v) is 6.63. The molecule has 0 aromatic heterocycles. The molecule has 1 aliphatic heterocycles. The first-order valence-electron chi connectivity index (χ1n) is 11.8. The number of unbranched alkanes of at least 4 members (excludes halogenated alkanes) is 1. The number of amides is 1.